The molecule has 23 heavy (non-hydrogen) atoms. The van der Waals surface area contributed by atoms with Crippen LogP contribution in [0.3, 0.4) is 0 Å². The molecule has 3 rings (SSSR count). The predicted molar refractivity (Wildman–Crippen MR) is 84.4 cm³/mol. The molecule has 1 heterocycles. The number of rotatable bonds is 0. The summed E-state index contributed by atoms with van der Waals surface area (Å²) in [5.41, 5.74) is 1.78. The first-order valence-electron chi connectivity index (χ1n) is 7.53. The van der Waals surface area contributed by atoms with Gasteiger partial charge >= 0.3 is 6.18 Å². The van der Waals surface area contributed by atoms with Crippen molar-refractivity contribution in [1.29, 1.82) is 0 Å². The summed E-state index contributed by atoms with van der Waals surface area (Å²) in [5.74, 6) is 0.590. The lowest BCUT2D eigenvalue weighted by Crippen LogP contribution is -2.42. The third kappa shape index (κ3) is 2.15. The van der Waals surface area contributed by atoms with Crippen LogP contribution >= 0.6 is 0 Å². The SMILES string of the molecule is Cc1cc2c(cc1C)C(C)(C(F)(F)F)c1cc(C)c(C)cc1O2. The molecule has 0 spiro atoms. The van der Waals surface area contributed by atoms with Crippen molar-refractivity contribution in [2.75, 3.05) is 0 Å². The van der Waals surface area contributed by atoms with E-state index in [4.69, 9.17) is 4.74 Å². The molecule has 0 saturated heterocycles. The molecule has 4 heteroatoms. The van der Waals surface area contributed by atoms with Crippen LogP contribution < -0.4 is 4.74 Å². The van der Waals surface area contributed by atoms with Gasteiger partial charge in [-0.05, 0) is 69.0 Å². The summed E-state index contributed by atoms with van der Waals surface area (Å²) in [7, 11) is 0. The van der Waals surface area contributed by atoms with E-state index < -0.39 is 11.6 Å². The van der Waals surface area contributed by atoms with Crippen LogP contribution in [-0.4, -0.2) is 6.18 Å². The van der Waals surface area contributed by atoms with Gasteiger partial charge in [-0.3, -0.25) is 0 Å². The van der Waals surface area contributed by atoms with Gasteiger partial charge in [0.2, 0.25) is 0 Å². The Labute approximate surface area is 134 Å². The zero-order valence-corrected chi connectivity index (χ0v) is 13.9. The number of benzene rings is 2. The zero-order valence-electron chi connectivity index (χ0n) is 13.9. The fraction of sp³-hybridized carbons (Fsp3) is 0.368. The fourth-order valence-corrected chi connectivity index (χ4v) is 3.10. The highest BCUT2D eigenvalue weighted by Crippen LogP contribution is 2.56. The van der Waals surface area contributed by atoms with Crippen LogP contribution in [0.25, 0.3) is 0 Å². The largest absolute Gasteiger partial charge is 0.457 e. The standard InChI is InChI=1S/C19H19F3O/c1-10-6-14-16(8-12(10)3)23-17-9-13(4)11(2)7-15(17)18(14,5)19(20,21)22/h6-9H,1-5H3. The average Bonchev–Trinajstić information content (AvgIpc) is 2.43. The van der Waals surface area contributed by atoms with E-state index >= 15 is 0 Å². The van der Waals surface area contributed by atoms with Crippen LogP contribution in [0.4, 0.5) is 13.2 Å². The predicted octanol–water partition coefficient (Wildman–Crippen LogP) is 5.89. The molecule has 2 aromatic carbocycles. The van der Waals surface area contributed by atoms with Crippen LogP contribution in [0.5, 0.6) is 11.5 Å². The van der Waals surface area contributed by atoms with E-state index in [1.165, 1.54) is 6.92 Å². The molecule has 0 aromatic heterocycles. The van der Waals surface area contributed by atoms with Gasteiger partial charge in [0.05, 0.1) is 0 Å². The minimum atomic E-state index is -4.41. The van der Waals surface area contributed by atoms with Crippen LogP contribution in [0.15, 0.2) is 24.3 Å². The summed E-state index contributed by atoms with van der Waals surface area (Å²) >= 11 is 0. The molecular weight excluding hydrogens is 301 g/mol. The van der Waals surface area contributed by atoms with E-state index in [9.17, 15) is 13.2 Å². The molecule has 2 aromatic rings. The van der Waals surface area contributed by atoms with E-state index in [-0.39, 0.29) is 11.1 Å². The second kappa shape index (κ2) is 4.76. The van der Waals surface area contributed by atoms with Gasteiger partial charge < -0.3 is 4.74 Å². The topological polar surface area (TPSA) is 9.23 Å². The summed E-state index contributed by atoms with van der Waals surface area (Å²) in [6.07, 6.45) is -4.41. The molecule has 1 aliphatic rings. The Morgan fingerprint density at radius 1 is 0.739 bits per heavy atom. The number of fused-ring (bicyclic) bond motifs is 2. The second-order valence-electron chi connectivity index (χ2n) is 6.59. The molecule has 0 aliphatic carbocycles. The summed E-state index contributed by atoms with van der Waals surface area (Å²) in [6.45, 7) is 8.64. The molecule has 0 N–H and O–H groups in total. The van der Waals surface area contributed by atoms with Crippen LogP contribution in [0, 0.1) is 27.7 Å². The first-order chi connectivity index (χ1) is 10.6. The maximum atomic E-state index is 14.1. The van der Waals surface area contributed by atoms with Crippen LogP contribution in [-0.2, 0) is 5.41 Å². The van der Waals surface area contributed by atoms with Gasteiger partial charge in [0, 0.05) is 11.1 Å². The molecular formula is C19H19F3O. The highest BCUT2D eigenvalue weighted by molar-refractivity contribution is 5.61. The van der Waals surface area contributed by atoms with E-state index in [1.54, 1.807) is 24.3 Å². The number of hydrogen-bond acceptors (Lipinski definition) is 1. The molecule has 0 bridgehead atoms. The summed E-state index contributed by atoms with van der Waals surface area (Å²) in [4.78, 5) is 0. The third-order valence-electron chi connectivity index (χ3n) is 5.06. The summed E-state index contributed by atoms with van der Waals surface area (Å²) in [6, 6.07) is 6.62. The van der Waals surface area contributed by atoms with Crippen molar-refractivity contribution in [3.05, 3.63) is 57.6 Å². The maximum Gasteiger partial charge on any atom is 0.402 e. The molecule has 0 atom stereocenters. The average molecular weight is 320 g/mol. The molecule has 0 radical (unpaired) electrons. The normalized spacial score (nSPS) is 15.7. The van der Waals surface area contributed by atoms with Gasteiger partial charge in [-0.15, -0.1) is 0 Å². The molecule has 1 nitrogen and oxygen atoms in total. The van der Waals surface area contributed by atoms with E-state index in [0.717, 1.165) is 22.3 Å². The Morgan fingerprint density at radius 3 is 1.43 bits per heavy atom. The van der Waals surface area contributed by atoms with Gasteiger partial charge in [-0.2, -0.15) is 13.2 Å². The van der Waals surface area contributed by atoms with Gasteiger partial charge in [-0.25, -0.2) is 0 Å². The number of aryl methyl sites for hydroxylation is 4. The Kier molecular flexibility index (Phi) is 3.29. The van der Waals surface area contributed by atoms with Crippen molar-refractivity contribution < 1.29 is 17.9 Å². The number of hydrogen-bond donors (Lipinski definition) is 0. The van der Waals surface area contributed by atoms with Crippen molar-refractivity contribution in [1.82, 2.24) is 0 Å². The minimum absolute atomic E-state index is 0.184. The lowest BCUT2D eigenvalue weighted by molar-refractivity contribution is -0.174. The zero-order chi connectivity index (χ0) is 17.2. The lowest BCUT2D eigenvalue weighted by atomic mass is 9.72. The molecule has 0 unspecified atom stereocenters. The highest BCUT2D eigenvalue weighted by atomic mass is 19.4. The van der Waals surface area contributed by atoms with Crippen LogP contribution in [0.2, 0.25) is 0 Å². The van der Waals surface area contributed by atoms with Gasteiger partial charge in [0.1, 0.15) is 16.9 Å². The number of ether oxygens (including phenoxy) is 1. The summed E-state index contributed by atoms with van der Waals surface area (Å²) in [5, 5.41) is 0. The van der Waals surface area contributed by atoms with E-state index in [1.807, 2.05) is 27.7 Å². The maximum absolute atomic E-state index is 14.1. The van der Waals surface area contributed by atoms with Crippen molar-refractivity contribution >= 4 is 0 Å². The van der Waals surface area contributed by atoms with Gasteiger partial charge in [-0.1, -0.05) is 12.1 Å². The smallest absolute Gasteiger partial charge is 0.402 e. The van der Waals surface area contributed by atoms with Crippen molar-refractivity contribution in [3.8, 4) is 11.5 Å². The summed E-state index contributed by atoms with van der Waals surface area (Å²) < 4.78 is 48.1. The second-order valence-corrected chi connectivity index (χ2v) is 6.59. The first kappa shape index (κ1) is 15.9. The lowest BCUT2D eigenvalue weighted by Gasteiger charge is -2.39. The quantitative estimate of drug-likeness (QED) is 0.587. The molecule has 0 amide bonds. The highest BCUT2D eigenvalue weighted by Gasteiger charge is 2.57. The molecule has 0 saturated carbocycles. The Bertz CT molecular complexity index is 746. The number of halogens is 3. The van der Waals surface area contributed by atoms with E-state index in [2.05, 4.69) is 0 Å². The molecule has 122 valence electrons. The fourth-order valence-electron chi connectivity index (χ4n) is 3.10. The van der Waals surface area contributed by atoms with Crippen molar-refractivity contribution in [2.45, 2.75) is 46.2 Å². The Hall–Kier alpha value is -1.97. The number of alkyl halides is 3. The molecule has 1 aliphatic heterocycles. The van der Waals surface area contributed by atoms with Crippen LogP contribution in [0.1, 0.15) is 40.3 Å². The Morgan fingerprint density at radius 2 is 1.09 bits per heavy atom. The first-order valence-corrected chi connectivity index (χ1v) is 7.53. The molecule has 0 fully saturated rings. The Balaban J connectivity index is 2.39. The minimum Gasteiger partial charge on any atom is -0.457 e. The van der Waals surface area contributed by atoms with Gasteiger partial charge in [0.25, 0.3) is 0 Å². The van der Waals surface area contributed by atoms with Gasteiger partial charge in [0.15, 0.2) is 0 Å². The van der Waals surface area contributed by atoms with Crippen molar-refractivity contribution in [2.24, 2.45) is 0 Å². The third-order valence-corrected chi connectivity index (χ3v) is 5.06. The monoisotopic (exact) mass is 320 g/mol. The van der Waals surface area contributed by atoms with E-state index in [0.29, 0.717) is 11.5 Å². The van der Waals surface area contributed by atoms with Crippen molar-refractivity contribution in [3.63, 3.8) is 0 Å².